The van der Waals surface area contributed by atoms with Crippen LogP contribution in [0.5, 0.6) is 0 Å². The minimum absolute atomic E-state index is 1.20. The maximum Gasteiger partial charge on any atom is 0.0303 e. The smallest absolute Gasteiger partial charge is 0.0303 e. The van der Waals surface area contributed by atoms with Crippen LogP contribution in [0.2, 0.25) is 0 Å². The molecule has 2 nitrogen and oxygen atoms in total. The van der Waals surface area contributed by atoms with Crippen molar-refractivity contribution in [3.05, 3.63) is 11.8 Å². The predicted molar refractivity (Wildman–Crippen MR) is 57.7 cm³/mol. The molecular weight excluding hydrogens is 160 g/mol. The van der Waals surface area contributed by atoms with Crippen molar-refractivity contribution < 1.29 is 0 Å². The van der Waals surface area contributed by atoms with E-state index >= 15 is 0 Å². The Bertz CT molecular complexity index is 167. The Hall–Kier alpha value is -0.500. The summed E-state index contributed by atoms with van der Waals surface area (Å²) < 4.78 is 0. The lowest BCUT2D eigenvalue weighted by Crippen LogP contribution is -2.45. The molecule has 0 aromatic rings. The maximum absolute atomic E-state index is 2.56. The Morgan fingerprint density at radius 3 is 2.31 bits per heavy atom. The number of hydrogen-bond acceptors (Lipinski definition) is 2. The number of hydrogen-bond donors (Lipinski definition) is 0. The minimum atomic E-state index is 1.20. The van der Waals surface area contributed by atoms with Crippen molar-refractivity contribution in [3.63, 3.8) is 0 Å². The third-order valence-electron chi connectivity index (χ3n) is 2.83. The van der Waals surface area contributed by atoms with Crippen LogP contribution in [0, 0.1) is 0 Å². The Labute approximate surface area is 82.2 Å². The van der Waals surface area contributed by atoms with Gasteiger partial charge in [-0.25, -0.2) is 0 Å². The van der Waals surface area contributed by atoms with Gasteiger partial charge in [0.2, 0.25) is 0 Å². The van der Waals surface area contributed by atoms with Crippen LogP contribution in [0.3, 0.4) is 0 Å². The van der Waals surface area contributed by atoms with Crippen LogP contribution in [-0.4, -0.2) is 42.5 Å². The molecule has 0 aromatic heterocycles. The topological polar surface area (TPSA) is 6.48 Å². The van der Waals surface area contributed by atoms with Crippen LogP contribution in [-0.2, 0) is 0 Å². The van der Waals surface area contributed by atoms with Crippen molar-refractivity contribution in [2.45, 2.75) is 27.2 Å². The molecule has 1 heterocycles. The highest BCUT2D eigenvalue weighted by atomic mass is 15.3. The zero-order chi connectivity index (χ0) is 9.68. The molecule has 1 fully saturated rings. The summed E-state index contributed by atoms with van der Waals surface area (Å²) >= 11 is 0. The summed E-state index contributed by atoms with van der Waals surface area (Å²) in [5.74, 6) is 0. The van der Waals surface area contributed by atoms with E-state index < -0.39 is 0 Å². The van der Waals surface area contributed by atoms with Crippen molar-refractivity contribution in [3.8, 4) is 0 Å². The third kappa shape index (κ3) is 3.03. The van der Waals surface area contributed by atoms with E-state index in [-0.39, 0.29) is 0 Å². The van der Waals surface area contributed by atoms with Gasteiger partial charge >= 0.3 is 0 Å². The van der Waals surface area contributed by atoms with E-state index in [1.54, 1.807) is 0 Å². The van der Waals surface area contributed by atoms with Crippen LogP contribution in [0.4, 0.5) is 0 Å². The Balaban J connectivity index is 2.30. The van der Waals surface area contributed by atoms with Gasteiger partial charge in [-0.05, 0) is 26.8 Å². The molecule has 0 radical (unpaired) electrons. The summed E-state index contributed by atoms with van der Waals surface area (Å²) in [6.45, 7) is 12.7. The van der Waals surface area contributed by atoms with Gasteiger partial charge in [0.05, 0.1) is 0 Å². The zero-order valence-corrected chi connectivity index (χ0v) is 9.21. The fraction of sp³-hybridized carbons (Fsp3) is 0.818. The van der Waals surface area contributed by atoms with Crippen molar-refractivity contribution in [1.29, 1.82) is 0 Å². The second-order valence-corrected chi connectivity index (χ2v) is 3.76. The Kier molecular flexibility index (Phi) is 4.29. The summed E-state index contributed by atoms with van der Waals surface area (Å²) in [5.41, 5.74) is 1.43. The second kappa shape index (κ2) is 5.28. The van der Waals surface area contributed by atoms with Crippen LogP contribution in [0.1, 0.15) is 27.2 Å². The molecule has 1 rings (SSSR count). The van der Waals surface area contributed by atoms with E-state index in [2.05, 4.69) is 36.6 Å². The van der Waals surface area contributed by atoms with Gasteiger partial charge in [0.1, 0.15) is 0 Å². The quantitative estimate of drug-likeness (QED) is 0.658. The van der Waals surface area contributed by atoms with Crippen molar-refractivity contribution in [2.24, 2.45) is 0 Å². The molecular formula is C11H22N2. The molecule has 0 unspecified atom stereocenters. The molecule has 1 aliphatic heterocycles. The minimum Gasteiger partial charge on any atom is -0.373 e. The molecule has 0 atom stereocenters. The molecule has 13 heavy (non-hydrogen) atoms. The summed E-state index contributed by atoms with van der Waals surface area (Å²) in [4.78, 5) is 5.03. The van der Waals surface area contributed by atoms with Gasteiger partial charge in [-0.15, -0.1) is 0 Å². The number of piperazine rings is 1. The van der Waals surface area contributed by atoms with Gasteiger partial charge in [0.15, 0.2) is 0 Å². The summed E-state index contributed by atoms with van der Waals surface area (Å²) in [6, 6.07) is 0. The fourth-order valence-corrected chi connectivity index (χ4v) is 1.82. The van der Waals surface area contributed by atoms with Crippen LogP contribution in [0.15, 0.2) is 11.8 Å². The van der Waals surface area contributed by atoms with Gasteiger partial charge in [-0.3, -0.25) is 4.90 Å². The van der Waals surface area contributed by atoms with E-state index in [0.29, 0.717) is 0 Å². The first-order chi connectivity index (χ1) is 6.27. The lowest BCUT2D eigenvalue weighted by molar-refractivity contribution is 0.159. The second-order valence-electron chi connectivity index (χ2n) is 3.76. The van der Waals surface area contributed by atoms with E-state index in [9.17, 15) is 0 Å². The van der Waals surface area contributed by atoms with Gasteiger partial charge in [0, 0.05) is 31.9 Å². The van der Waals surface area contributed by atoms with Crippen LogP contribution >= 0.6 is 0 Å². The summed E-state index contributed by atoms with van der Waals surface area (Å²) in [6.07, 6.45) is 3.48. The molecule has 0 amide bonds. The number of rotatable bonds is 3. The highest BCUT2D eigenvalue weighted by molar-refractivity contribution is 4.97. The fourth-order valence-electron chi connectivity index (χ4n) is 1.82. The lowest BCUT2D eigenvalue weighted by atomic mass is 10.2. The normalized spacial score (nSPS) is 20.8. The molecule has 1 saturated heterocycles. The predicted octanol–water partition coefficient (Wildman–Crippen LogP) is 1.94. The first-order valence-corrected chi connectivity index (χ1v) is 5.38. The molecule has 0 aliphatic carbocycles. The molecule has 2 heteroatoms. The standard InChI is InChI=1S/C11H22N2/c1-4-6-12-7-9-13(10-8-12)11(3)5-2/h5H,4,6-10H2,1-3H3/b11-5+. The lowest BCUT2D eigenvalue weighted by Gasteiger charge is -2.36. The van der Waals surface area contributed by atoms with Crippen molar-refractivity contribution >= 4 is 0 Å². The van der Waals surface area contributed by atoms with E-state index in [1.165, 1.54) is 44.8 Å². The zero-order valence-electron chi connectivity index (χ0n) is 9.21. The van der Waals surface area contributed by atoms with E-state index in [1.807, 2.05) is 0 Å². The Morgan fingerprint density at radius 1 is 1.23 bits per heavy atom. The third-order valence-corrected chi connectivity index (χ3v) is 2.83. The van der Waals surface area contributed by atoms with E-state index in [0.717, 1.165) is 0 Å². The van der Waals surface area contributed by atoms with Crippen LogP contribution in [0.25, 0.3) is 0 Å². The monoisotopic (exact) mass is 182 g/mol. The molecule has 0 saturated carbocycles. The molecule has 0 aromatic carbocycles. The molecule has 1 aliphatic rings. The molecule has 0 N–H and O–H groups in total. The van der Waals surface area contributed by atoms with Gasteiger partial charge in [-0.2, -0.15) is 0 Å². The molecule has 0 bridgehead atoms. The SMILES string of the molecule is C/C=C(\C)N1CCN(CCC)CC1. The number of nitrogens with zero attached hydrogens (tertiary/aromatic N) is 2. The number of allylic oxidation sites excluding steroid dienone is 2. The van der Waals surface area contributed by atoms with Crippen LogP contribution < -0.4 is 0 Å². The maximum atomic E-state index is 2.56. The molecule has 76 valence electrons. The summed E-state index contributed by atoms with van der Waals surface area (Å²) in [5, 5.41) is 0. The first kappa shape index (κ1) is 10.6. The van der Waals surface area contributed by atoms with Crippen molar-refractivity contribution in [1.82, 2.24) is 9.80 Å². The van der Waals surface area contributed by atoms with Crippen molar-refractivity contribution in [2.75, 3.05) is 32.7 Å². The van der Waals surface area contributed by atoms with Gasteiger partial charge in [-0.1, -0.05) is 13.0 Å². The largest absolute Gasteiger partial charge is 0.373 e. The molecule has 0 spiro atoms. The average molecular weight is 182 g/mol. The average Bonchev–Trinajstić information content (AvgIpc) is 2.18. The summed E-state index contributed by atoms with van der Waals surface area (Å²) in [7, 11) is 0. The highest BCUT2D eigenvalue weighted by Crippen LogP contribution is 2.08. The Morgan fingerprint density at radius 2 is 1.85 bits per heavy atom. The highest BCUT2D eigenvalue weighted by Gasteiger charge is 2.15. The van der Waals surface area contributed by atoms with Gasteiger partial charge in [0.25, 0.3) is 0 Å². The van der Waals surface area contributed by atoms with Gasteiger partial charge < -0.3 is 4.90 Å². The first-order valence-electron chi connectivity index (χ1n) is 5.38. The van der Waals surface area contributed by atoms with E-state index in [4.69, 9.17) is 0 Å².